The maximum atomic E-state index is 9.09. The van der Waals surface area contributed by atoms with E-state index in [4.69, 9.17) is 21.0 Å². The van der Waals surface area contributed by atoms with Crippen molar-refractivity contribution in [1.82, 2.24) is 4.90 Å². The molecule has 1 rings (SSSR count). The summed E-state index contributed by atoms with van der Waals surface area (Å²) in [6, 6.07) is 9.77. The summed E-state index contributed by atoms with van der Waals surface area (Å²) in [4.78, 5) is 2.06. The van der Waals surface area contributed by atoms with Gasteiger partial charge in [0.25, 0.3) is 0 Å². The molecule has 0 bridgehead atoms. The normalized spacial score (nSPS) is 12.6. The highest BCUT2D eigenvalue weighted by molar-refractivity contribution is 5.84. The second-order valence-electron chi connectivity index (χ2n) is 4.44. The standard InChI is InChI=1S/C14H23N3O2/c1-19-10-8-17(7-9-18)11-13(14(15)16)12-5-3-2-4-6-12/h2-6,13,18H,7-11H2,1H3,(H3,15,16). The Bertz CT molecular complexity index is 370. The Labute approximate surface area is 114 Å². The zero-order valence-corrected chi connectivity index (χ0v) is 11.4. The first kappa shape index (κ1) is 15.6. The van der Waals surface area contributed by atoms with Crippen LogP contribution in [0.25, 0.3) is 0 Å². The third kappa shape index (κ3) is 5.38. The van der Waals surface area contributed by atoms with E-state index in [0.717, 1.165) is 5.56 Å². The lowest BCUT2D eigenvalue weighted by Gasteiger charge is -2.26. The fraction of sp³-hybridized carbons (Fsp3) is 0.500. The van der Waals surface area contributed by atoms with Gasteiger partial charge in [0.1, 0.15) is 0 Å². The van der Waals surface area contributed by atoms with E-state index in [0.29, 0.717) is 26.2 Å². The average molecular weight is 265 g/mol. The van der Waals surface area contributed by atoms with Crippen LogP contribution in [-0.4, -0.2) is 55.8 Å². The lowest BCUT2D eigenvalue weighted by atomic mass is 9.97. The van der Waals surface area contributed by atoms with Gasteiger partial charge in [-0.25, -0.2) is 0 Å². The van der Waals surface area contributed by atoms with Crippen molar-refractivity contribution in [3.05, 3.63) is 35.9 Å². The van der Waals surface area contributed by atoms with Gasteiger partial charge in [0.2, 0.25) is 0 Å². The molecule has 0 heterocycles. The van der Waals surface area contributed by atoms with E-state index in [1.165, 1.54) is 0 Å². The van der Waals surface area contributed by atoms with Gasteiger partial charge >= 0.3 is 0 Å². The summed E-state index contributed by atoms with van der Waals surface area (Å²) < 4.78 is 5.06. The summed E-state index contributed by atoms with van der Waals surface area (Å²) in [5.41, 5.74) is 6.73. The summed E-state index contributed by atoms with van der Waals surface area (Å²) in [6.07, 6.45) is 0. The second-order valence-corrected chi connectivity index (χ2v) is 4.44. The first-order valence-corrected chi connectivity index (χ1v) is 6.40. The number of benzene rings is 1. The second kappa shape index (κ2) is 8.63. The molecule has 0 aromatic heterocycles. The van der Waals surface area contributed by atoms with Crippen LogP contribution in [0.1, 0.15) is 11.5 Å². The zero-order chi connectivity index (χ0) is 14.1. The van der Waals surface area contributed by atoms with Crippen molar-refractivity contribution in [1.29, 1.82) is 5.41 Å². The quantitative estimate of drug-likeness (QED) is 0.452. The van der Waals surface area contributed by atoms with Gasteiger partial charge < -0.3 is 15.6 Å². The van der Waals surface area contributed by atoms with Crippen LogP contribution in [0.2, 0.25) is 0 Å². The fourth-order valence-corrected chi connectivity index (χ4v) is 1.98. The highest BCUT2D eigenvalue weighted by Crippen LogP contribution is 2.16. The number of nitrogens with zero attached hydrogens (tertiary/aromatic N) is 1. The summed E-state index contributed by atoms with van der Waals surface area (Å²) in [6.45, 7) is 2.57. The van der Waals surface area contributed by atoms with Crippen LogP contribution in [0.15, 0.2) is 30.3 Å². The number of ether oxygens (including phenoxy) is 1. The van der Waals surface area contributed by atoms with E-state index in [1.54, 1.807) is 7.11 Å². The van der Waals surface area contributed by atoms with E-state index in [2.05, 4.69) is 4.90 Å². The Morgan fingerprint density at radius 2 is 2.05 bits per heavy atom. The van der Waals surface area contributed by atoms with Gasteiger partial charge in [0, 0.05) is 26.7 Å². The Balaban J connectivity index is 2.73. The van der Waals surface area contributed by atoms with Gasteiger partial charge in [0.15, 0.2) is 0 Å². The highest BCUT2D eigenvalue weighted by Gasteiger charge is 2.18. The number of amidine groups is 1. The molecule has 0 aliphatic heterocycles. The third-order valence-electron chi connectivity index (χ3n) is 3.05. The van der Waals surface area contributed by atoms with Crippen LogP contribution in [0.3, 0.4) is 0 Å². The number of nitrogens with two attached hydrogens (primary N) is 1. The molecule has 0 saturated heterocycles. The first-order chi connectivity index (χ1) is 9.19. The van der Waals surface area contributed by atoms with Crippen LogP contribution in [-0.2, 0) is 4.74 Å². The van der Waals surface area contributed by atoms with Crippen LogP contribution in [0.4, 0.5) is 0 Å². The van der Waals surface area contributed by atoms with Crippen molar-refractivity contribution in [2.75, 3.05) is 40.0 Å². The molecule has 1 unspecified atom stereocenters. The Morgan fingerprint density at radius 1 is 1.37 bits per heavy atom. The van der Waals surface area contributed by atoms with E-state index >= 15 is 0 Å². The SMILES string of the molecule is COCCN(CCO)CC(C(=N)N)c1ccccc1. The monoisotopic (exact) mass is 265 g/mol. The number of hydrogen-bond donors (Lipinski definition) is 3. The van der Waals surface area contributed by atoms with E-state index in [1.807, 2.05) is 30.3 Å². The zero-order valence-electron chi connectivity index (χ0n) is 11.4. The topological polar surface area (TPSA) is 82.6 Å². The molecule has 1 aromatic rings. The van der Waals surface area contributed by atoms with Crippen molar-refractivity contribution in [3.63, 3.8) is 0 Å². The fourth-order valence-electron chi connectivity index (χ4n) is 1.98. The predicted molar refractivity (Wildman–Crippen MR) is 76.5 cm³/mol. The van der Waals surface area contributed by atoms with Crippen molar-refractivity contribution in [3.8, 4) is 0 Å². The molecule has 0 saturated carbocycles. The first-order valence-electron chi connectivity index (χ1n) is 6.40. The van der Waals surface area contributed by atoms with Crippen LogP contribution in [0.5, 0.6) is 0 Å². The smallest absolute Gasteiger partial charge is 0.0995 e. The van der Waals surface area contributed by atoms with Crippen molar-refractivity contribution in [2.24, 2.45) is 5.73 Å². The lowest BCUT2D eigenvalue weighted by molar-refractivity contribution is 0.130. The number of methoxy groups -OCH3 is 1. The minimum Gasteiger partial charge on any atom is -0.395 e. The van der Waals surface area contributed by atoms with Crippen LogP contribution in [0, 0.1) is 5.41 Å². The van der Waals surface area contributed by atoms with Crippen LogP contribution < -0.4 is 5.73 Å². The molecule has 0 aliphatic carbocycles. The maximum absolute atomic E-state index is 9.09. The molecule has 0 spiro atoms. The summed E-state index contributed by atoms with van der Waals surface area (Å²) in [5.74, 6) is -0.00355. The molecular weight excluding hydrogens is 242 g/mol. The van der Waals surface area contributed by atoms with Gasteiger partial charge in [-0.1, -0.05) is 30.3 Å². The largest absolute Gasteiger partial charge is 0.395 e. The number of rotatable bonds is 9. The Hall–Kier alpha value is -1.43. The molecule has 0 fully saturated rings. The number of hydrogen-bond acceptors (Lipinski definition) is 4. The van der Waals surface area contributed by atoms with Crippen molar-refractivity contribution < 1.29 is 9.84 Å². The highest BCUT2D eigenvalue weighted by atomic mass is 16.5. The van der Waals surface area contributed by atoms with Gasteiger partial charge in [-0.2, -0.15) is 0 Å². The summed E-state index contributed by atoms with van der Waals surface area (Å²) in [5, 5.41) is 16.8. The molecule has 4 N–H and O–H groups in total. The molecule has 1 aromatic carbocycles. The van der Waals surface area contributed by atoms with Crippen molar-refractivity contribution >= 4 is 5.84 Å². The number of aliphatic hydroxyl groups is 1. The molecule has 1 atom stereocenters. The summed E-state index contributed by atoms with van der Waals surface area (Å²) in [7, 11) is 1.65. The number of nitrogens with one attached hydrogen (secondary N) is 1. The number of aliphatic hydroxyl groups excluding tert-OH is 1. The maximum Gasteiger partial charge on any atom is 0.0995 e. The van der Waals surface area contributed by atoms with E-state index in [9.17, 15) is 0 Å². The molecule has 5 heteroatoms. The Morgan fingerprint density at radius 3 is 2.58 bits per heavy atom. The third-order valence-corrected chi connectivity index (χ3v) is 3.05. The summed E-state index contributed by atoms with van der Waals surface area (Å²) >= 11 is 0. The van der Waals surface area contributed by atoms with Gasteiger partial charge in [-0.3, -0.25) is 10.3 Å². The average Bonchev–Trinajstić information content (AvgIpc) is 2.42. The Kier molecular flexibility index (Phi) is 7.10. The van der Waals surface area contributed by atoms with Crippen molar-refractivity contribution in [2.45, 2.75) is 5.92 Å². The van der Waals surface area contributed by atoms with E-state index in [-0.39, 0.29) is 18.4 Å². The predicted octanol–water partition coefficient (Wildman–Crippen LogP) is 0.647. The molecule has 5 nitrogen and oxygen atoms in total. The van der Waals surface area contributed by atoms with Gasteiger partial charge in [0.05, 0.1) is 25.0 Å². The minimum absolute atomic E-state index is 0.0864. The minimum atomic E-state index is -0.149. The molecule has 0 amide bonds. The molecule has 0 radical (unpaired) electrons. The van der Waals surface area contributed by atoms with Gasteiger partial charge in [-0.15, -0.1) is 0 Å². The lowest BCUT2D eigenvalue weighted by Crippen LogP contribution is -2.38. The molecule has 0 aliphatic rings. The molecule has 19 heavy (non-hydrogen) atoms. The van der Waals surface area contributed by atoms with E-state index < -0.39 is 0 Å². The molecule has 106 valence electrons. The van der Waals surface area contributed by atoms with Crippen LogP contribution >= 0.6 is 0 Å². The van der Waals surface area contributed by atoms with Gasteiger partial charge in [-0.05, 0) is 5.56 Å². The molecular formula is C14H23N3O2.